The summed E-state index contributed by atoms with van der Waals surface area (Å²) in [6.45, 7) is 0. The Kier molecular flexibility index (Phi) is 5.38. The summed E-state index contributed by atoms with van der Waals surface area (Å²) in [6.07, 6.45) is 7.84. The standard InChI is InChI=1S/C16H20ClFO/c17-15(12-8-10-14(18)11-9-12)16(19)13-6-4-2-1-3-5-7-13/h8-11,13,15H,1-7H2. The minimum absolute atomic E-state index is 0.0767. The number of alkyl halides is 1. The summed E-state index contributed by atoms with van der Waals surface area (Å²) in [5.74, 6) is -0.117. The smallest absolute Gasteiger partial charge is 0.158 e. The highest BCUT2D eigenvalue weighted by atomic mass is 35.5. The van der Waals surface area contributed by atoms with E-state index < -0.39 is 5.38 Å². The van der Waals surface area contributed by atoms with Crippen molar-refractivity contribution in [2.45, 2.75) is 50.3 Å². The molecule has 1 unspecified atom stereocenters. The van der Waals surface area contributed by atoms with Gasteiger partial charge in [-0.25, -0.2) is 4.39 Å². The predicted molar refractivity (Wildman–Crippen MR) is 75.8 cm³/mol. The van der Waals surface area contributed by atoms with Crippen LogP contribution >= 0.6 is 11.6 Å². The van der Waals surface area contributed by atoms with E-state index in [0.717, 1.165) is 25.7 Å². The topological polar surface area (TPSA) is 17.1 Å². The molecule has 0 aliphatic heterocycles. The van der Waals surface area contributed by atoms with Crippen LogP contribution in [-0.4, -0.2) is 5.78 Å². The van der Waals surface area contributed by atoms with Gasteiger partial charge in [-0.15, -0.1) is 11.6 Å². The fraction of sp³-hybridized carbons (Fsp3) is 0.562. The summed E-state index contributed by atoms with van der Waals surface area (Å²) in [5, 5.41) is -0.634. The van der Waals surface area contributed by atoms with Gasteiger partial charge in [0.15, 0.2) is 5.78 Å². The van der Waals surface area contributed by atoms with Crippen LogP contribution in [0.2, 0.25) is 0 Å². The van der Waals surface area contributed by atoms with Crippen molar-refractivity contribution in [1.82, 2.24) is 0 Å². The Balaban J connectivity index is 2.02. The quantitative estimate of drug-likeness (QED) is 0.710. The van der Waals surface area contributed by atoms with E-state index in [1.54, 1.807) is 12.1 Å². The molecule has 104 valence electrons. The highest BCUT2D eigenvalue weighted by Gasteiger charge is 2.26. The number of benzene rings is 1. The van der Waals surface area contributed by atoms with Gasteiger partial charge in [0, 0.05) is 5.92 Å². The molecule has 0 amide bonds. The Labute approximate surface area is 119 Å². The second-order valence-electron chi connectivity index (χ2n) is 5.36. The largest absolute Gasteiger partial charge is 0.297 e. The number of carbonyl (C=O) groups excluding carboxylic acids is 1. The Morgan fingerprint density at radius 2 is 1.58 bits per heavy atom. The molecule has 0 bridgehead atoms. The Bertz CT molecular complexity index is 407. The van der Waals surface area contributed by atoms with Gasteiger partial charge < -0.3 is 0 Å². The van der Waals surface area contributed by atoms with E-state index in [9.17, 15) is 9.18 Å². The lowest BCUT2D eigenvalue weighted by Crippen LogP contribution is -2.20. The third-order valence-corrected chi connectivity index (χ3v) is 4.39. The summed E-state index contributed by atoms with van der Waals surface area (Å²) in [4.78, 5) is 12.4. The van der Waals surface area contributed by atoms with Crippen LogP contribution in [0.3, 0.4) is 0 Å². The van der Waals surface area contributed by atoms with Gasteiger partial charge in [0.1, 0.15) is 11.2 Å². The molecule has 0 saturated heterocycles. The maximum atomic E-state index is 12.9. The van der Waals surface area contributed by atoms with Gasteiger partial charge in [-0.3, -0.25) is 4.79 Å². The highest BCUT2D eigenvalue weighted by Crippen LogP contribution is 2.31. The van der Waals surface area contributed by atoms with Gasteiger partial charge >= 0.3 is 0 Å². The van der Waals surface area contributed by atoms with Crippen molar-refractivity contribution < 1.29 is 9.18 Å². The zero-order chi connectivity index (χ0) is 13.7. The van der Waals surface area contributed by atoms with E-state index in [2.05, 4.69) is 0 Å². The number of carbonyl (C=O) groups is 1. The Morgan fingerprint density at radius 1 is 1.05 bits per heavy atom. The van der Waals surface area contributed by atoms with Crippen molar-refractivity contribution in [3.05, 3.63) is 35.6 Å². The van der Waals surface area contributed by atoms with E-state index >= 15 is 0 Å². The second kappa shape index (κ2) is 7.04. The molecule has 3 heteroatoms. The molecular weight excluding hydrogens is 263 g/mol. The molecule has 0 heterocycles. The number of rotatable bonds is 3. The van der Waals surface area contributed by atoms with Crippen LogP contribution in [0.4, 0.5) is 4.39 Å². The van der Waals surface area contributed by atoms with Gasteiger partial charge in [-0.1, -0.05) is 44.2 Å². The average molecular weight is 283 g/mol. The highest BCUT2D eigenvalue weighted by molar-refractivity contribution is 6.31. The van der Waals surface area contributed by atoms with E-state index in [-0.39, 0.29) is 17.5 Å². The maximum Gasteiger partial charge on any atom is 0.158 e. The molecule has 1 aliphatic rings. The number of halogens is 2. The van der Waals surface area contributed by atoms with Crippen molar-refractivity contribution in [2.75, 3.05) is 0 Å². The second-order valence-corrected chi connectivity index (χ2v) is 5.79. The van der Waals surface area contributed by atoms with Crippen LogP contribution < -0.4 is 0 Å². The van der Waals surface area contributed by atoms with Gasteiger partial charge in [0.25, 0.3) is 0 Å². The van der Waals surface area contributed by atoms with E-state index in [1.807, 2.05) is 0 Å². The minimum Gasteiger partial charge on any atom is -0.297 e. The van der Waals surface area contributed by atoms with Crippen LogP contribution in [0, 0.1) is 11.7 Å². The lowest BCUT2D eigenvalue weighted by molar-refractivity contribution is -0.123. The molecule has 1 fully saturated rings. The van der Waals surface area contributed by atoms with Crippen molar-refractivity contribution in [1.29, 1.82) is 0 Å². The molecule has 1 nitrogen and oxygen atoms in total. The molecule has 2 rings (SSSR count). The van der Waals surface area contributed by atoms with Crippen LogP contribution in [0.1, 0.15) is 55.9 Å². The monoisotopic (exact) mass is 282 g/mol. The fourth-order valence-electron chi connectivity index (χ4n) is 2.74. The molecule has 0 N–H and O–H groups in total. The number of hydrogen-bond acceptors (Lipinski definition) is 1. The van der Waals surface area contributed by atoms with Crippen LogP contribution in [0.5, 0.6) is 0 Å². The normalized spacial score (nSPS) is 19.5. The SMILES string of the molecule is O=C(C1CCCCCCC1)C(Cl)c1ccc(F)cc1. The number of Topliss-reactive ketones (excluding diaryl/α,β-unsaturated/α-hetero) is 1. The van der Waals surface area contributed by atoms with Crippen molar-refractivity contribution in [2.24, 2.45) is 5.92 Å². The van der Waals surface area contributed by atoms with Crippen LogP contribution in [0.25, 0.3) is 0 Å². The Hall–Kier alpha value is -0.890. The molecule has 0 radical (unpaired) electrons. The molecule has 0 spiro atoms. The third kappa shape index (κ3) is 4.04. The first kappa shape index (κ1) is 14.5. The molecule has 0 aromatic heterocycles. The minimum atomic E-state index is -0.634. The van der Waals surface area contributed by atoms with Crippen molar-refractivity contribution >= 4 is 17.4 Å². The number of hydrogen-bond donors (Lipinski definition) is 0. The van der Waals surface area contributed by atoms with Gasteiger partial charge in [0.2, 0.25) is 0 Å². The molecule has 1 aromatic rings. The first-order chi connectivity index (χ1) is 9.18. The van der Waals surface area contributed by atoms with Gasteiger partial charge in [0.05, 0.1) is 0 Å². The van der Waals surface area contributed by atoms with Crippen molar-refractivity contribution in [3.63, 3.8) is 0 Å². The molecule has 1 atom stereocenters. The van der Waals surface area contributed by atoms with E-state index in [1.165, 1.54) is 31.4 Å². The van der Waals surface area contributed by atoms with E-state index in [4.69, 9.17) is 11.6 Å². The lowest BCUT2D eigenvalue weighted by atomic mass is 9.86. The number of ketones is 1. The molecule has 19 heavy (non-hydrogen) atoms. The lowest BCUT2D eigenvalue weighted by Gasteiger charge is -2.21. The third-order valence-electron chi connectivity index (χ3n) is 3.92. The average Bonchev–Trinajstić information content (AvgIpc) is 2.38. The summed E-state index contributed by atoms with van der Waals surface area (Å²) >= 11 is 6.26. The maximum absolute atomic E-state index is 12.9. The van der Waals surface area contributed by atoms with Crippen LogP contribution in [0.15, 0.2) is 24.3 Å². The zero-order valence-corrected chi connectivity index (χ0v) is 11.8. The fourth-order valence-corrected chi connectivity index (χ4v) is 3.07. The van der Waals surface area contributed by atoms with Gasteiger partial charge in [-0.2, -0.15) is 0 Å². The summed E-state index contributed by atoms with van der Waals surface area (Å²) in [7, 11) is 0. The first-order valence-corrected chi connectivity index (χ1v) is 7.55. The summed E-state index contributed by atoms with van der Waals surface area (Å²) in [5.41, 5.74) is 0.704. The molecular formula is C16H20ClFO. The summed E-state index contributed by atoms with van der Waals surface area (Å²) < 4.78 is 12.9. The first-order valence-electron chi connectivity index (χ1n) is 7.12. The predicted octanol–water partition coefficient (Wildman–Crippen LogP) is 5.04. The molecule has 1 saturated carbocycles. The molecule has 1 aromatic carbocycles. The Morgan fingerprint density at radius 3 is 2.16 bits per heavy atom. The zero-order valence-electron chi connectivity index (χ0n) is 11.1. The molecule has 1 aliphatic carbocycles. The van der Waals surface area contributed by atoms with Crippen LogP contribution in [-0.2, 0) is 4.79 Å². The van der Waals surface area contributed by atoms with E-state index in [0.29, 0.717) is 5.56 Å². The van der Waals surface area contributed by atoms with Crippen molar-refractivity contribution in [3.8, 4) is 0 Å². The summed E-state index contributed by atoms with van der Waals surface area (Å²) in [6, 6.07) is 5.92. The van der Waals surface area contributed by atoms with Gasteiger partial charge in [-0.05, 0) is 30.5 Å².